The summed E-state index contributed by atoms with van der Waals surface area (Å²) in [6.07, 6.45) is 2.38. The second-order valence-corrected chi connectivity index (χ2v) is 9.90. The lowest BCUT2D eigenvalue weighted by atomic mass is 10.00. The number of rotatable bonds is 9. The van der Waals surface area contributed by atoms with E-state index in [1.165, 1.54) is 23.1 Å². The summed E-state index contributed by atoms with van der Waals surface area (Å²) in [4.78, 5) is 44.9. The monoisotopic (exact) mass is 534 g/mol. The second-order valence-electron chi connectivity index (χ2n) is 9.12. The van der Waals surface area contributed by atoms with Crippen molar-refractivity contribution in [2.45, 2.75) is 26.3 Å². The first-order valence-corrected chi connectivity index (χ1v) is 12.7. The summed E-state index contributed by atoms with van der Waals surface area (Å²) in [7, 11) is 0. The van der Waals surface area contributed by atoms with Crippen LogP contribution >= 0.6 is 11.5 Å². The molecule has 0 spiro atoms. The van der Waals surface area contributed by atoms with E-state index in [0.29, 0.717) is 35.1 Å². The van der Waals surface area contributed by atoms with Gasteiger partial charge in [0.05, 0.1) is 11.2 Å². The predicted molar refractivity (Wildman–Crippen MR) is 145 cm³/mol. The first-order valence-electron chi connectivity index (χ1n) is 11.9. The number of nitrogen functional groups attached to an aromatic ring is 1. The van der Waals surface area contributed by atoms with Crippen LogP contribution in [0.3, 0.4) is 0 Å². The first kappa shape index (κ1) is 26.7. The van der Waals surface area contributed by atoms with Crippen LogP contribution in [0.2, 0.25) is 0 Å². The Balaban J connectivity index is 1.89. The van der Waals surface area contributed by atoms with Gasteiger partial charge in [0.1, 0.15) is 16.7 Å². The molecule has 4 aromatic rings. The highest BCUT2D eigenvalue weighted by Crippen LogP contribution is 2.34. The number of hydrogen-bond acceptors (Lipinski definition) is 7. The summed E-state index contributed by atoms with van der Waals surface area (Å²) >= 11 is 0.686. The maximum absolute atomic E-state index is 14.4. The number of halogens is 1. The minimum absolute atomic E-state index is 0.0921. The van der Waals surface area contributed by atoms with Crippen LogP contribution in [0.4, 0.5) is 15.8 Å². The van der Waals surface area contributed by atoms with Gasteiger partial charge < -0.3 is 16.8 Å². The molecule has 196 valence electrons. The van der Waals surface area contributed by atoms with E-state index in [9.17, 15) is 18.8 Å². The summed E-state index contributed by atoms with van der Waals surface area (Å²) < 4.78 is 18.3. The quantitative estimate of drug-likeness (QED) is 0.295. The van der Waals surface area contributed by atoms with Gasteiger partial charge in [-0.2, -0.15) is 4.37 Å². The van der Waals surface area contributed by atoms with Crippen LogP contribution in [0.25, 0.3) is 10.9 Å². The Morgan fingerprint density at radius 2 is 1.89 bits per heavy atom. The van der Waals surface area contributed by atoms with E-state index >= 15 is 0 Å². The molecule has 0 saturated carbocycles. The number of aromatic nitrogens is 2. The van der Waals surface area contributed by atoms with Crippen LogP contribution in [0.5, 0.6) is 0 Å². The summed E-state index contributed by atoms with van der Waals surface area (Å²) in [5, 5.41) is 3.66. The zero-order chi connectivity index (χ0) is 27.4. The second kappa shape index (κ2) is 11.3. The van der Waals surface area contributed by atoms with Gasteiger partial charge in [0.15, 0.2) is 5.69 Å². The summed E-state index contributed by atoms with van der Waals surface area (Å²) in [5.41, 5.74) is 12.3. The predicted octanol–water partition coefficient (Wildman–Crippen LogP) is 4.06. The largest absolute Gasteiger partial charge is 0.395 e. The van der Waals surface area contributed by atoms with E-state index in [1.54, 1.807) is 30.5 Å². The Morgan fingerprint density at radius 1 is 1.11 bits per heavy atom. The van der Waals surface area contributed by atoms with Gasteiger partial charge in [-0.25, -0.2) is 4.39 Å². The number of primary amides is 1. The third-order valence-electron chi connectivity index (χ3n) is 5.93. The Labute approximate surface area is 222 Å². The number of nitrogens with one attached hydrogen (secondary N) is 1. The Morgan fingerprint density at radius 3 is 2.58 bits per heavy atom. The standard InChI is InChI=1S/C27H27FN6O3S/c1-15(2)10-12-32-26(36)23(17-8-9-20-16(13-17)5-4-11-31-20)34(19-7-3-6-18(28)14-19)27(37)24-21(29)22(25(30)35)33-38-24/h3-9,11,13-15,23H,10,12,29H2,1-2H3,(H2,30,35)(H,32,36). The molecule has 0 aliphatic heterocycles. The maximum atomic E-state index is 14.4. The van der Waals surface area contributed by atoms with Crippen molar-refractivity contribution in [2.75, 3.05) is 17.2 Å². The topological polar surface area (TPSA) is 144 Å². The van der Waals surface area contributed by atoms with Crippen LogP contribution in [0.15, 0.2) is 60.8 Å². The van der Waals surface area contributed by atoms with Crippen molar-refractivity contribution in [3.63, 3.8) is 0 Å². The molecule has 2 aromatic heterocycles. The molecule has 1 unspecified atom stereocenters. The molecule has 11 heteroatoms. The molecule has 0 aliphatic rings. The third kappa shape index (κ3) is 5.62. The van der Waals surface area contributed by atoms with Crippen molar-refractivity contribution in [3.05, 3.63) is 82.7 Å². The maximum Gasteiger partial charge on any atom is 0.273 e. The molecular formula is C27H27FN6O3S. The first-order chi connectivity index (χ1) is 18.2. The fourth-order valence-electron chi connectivity index (χ4n) is 4.01. The molecule has 3 amide bonds. The summed E-state index contributed by atoms with van der Waals surface area (Å²) in [6.45, 7) is 4.44. The van der Waals surface area contributed by atoms with Crippen molar-refractivity contribution in [2.24, 2.45) is 11.7 Å². The van der Waals surface area contributed by atoms with E-state index in [2.05, 4.69) is 14.7 Å². The number of amides is 3. The van der Waals surface area contributed by atoms with Gasteiger partial charge in [-0.3, -0.25) is 24.3 Å². The van der Waals surface area contributed by atoms with Gasteiger partial charge in [-0.15, -0.1) is 0 Å². The molecule has 1 atom stereocenters. The van der Waals surface area contributed by atoms with E-state index in [4.69, 9.17) is 11.5 Å². The fourth-order valence-corrected chi connectivity index (χ4v) is 4.75. The molecule has 0 radical (unpaired) electrons. The molecule has 0 aliphatic carbocycles. The minimum atomic E-state index is -1.21. The number of pyridine rings is 1. The number of anilines is 2. The third-order valence-corrected chi connectivity index (χ3v) is 6.78. The van der Waals surface area contributed by atoms with Crippen molar-refractivity contribution in [3.8, 4) is 0 Å². The number of carbonyl (C=O) groups excluding carboxylic acids is 3. The molecular weight excluding hydrogens is 507 g/mol. The van der Waals surface area contributed by atoms with Crippen LogP contribution in [0.1, 0.15) is 52.0 Å². The zero-order valence-electron chi connectivity index (χ0n) is 20.8. The summed E-state index contributed by atoms with van der Waals surface area (Å²) in [6, 6.07) is 13.0. The van der Waals surface area contributed by atoms with Crippen LogP contribution in [-0.4, -0.2) is 33.6 Å². The van der Waals surface area contributed by atoms with Gasteiger partial charge in [-0.1, -0.05) is 32.0 Å². The molecule has 0 bridgehead atoms. The highest BCUT2D eigenvalue weighted by Gasteiger charge is 2.36. The van der Waals surface area contributed by atoms with E-state index in [1.807, 2.05) is 19.9 Å². The van der Waals surface area contributed by atoms with Crippen LogP contribution in [-0.2, 0) is 4.79 Å². The van der Waals surface area contributed by atoms with E-state index in [0.717, 1.165) is 17.9 Å². The molecule has 2 aromatic carbocycles. The fraction of sp³-hybridized carbons (Fsp3) is 0.222. The number of carbonyl (C=O) groups is 3. The normalized spacial score (nSPS) is 11.9. The van der Waals surface area contributed by atoms with E-state index < -0.39 is 29.6 Å². The Hall–Kier alpha value is -4.38. The number of nitrogens with two attached hydrogens (primary N) is 2. The molecule has 0 saturated heterocycles. The molecule has 4 rings (SSSR count). The lowest BCUT2D eigenvalue weighted by Crippen LogP contribution is -2.44. The summed E-state index contributed by atoms with van der Waals surface area (Å²) in [5.74, 6) is -2.35. The average Bonchev–Trinajstić information content (AvgIpc) is 3.27. The number of fused-ring (bicyclic) bond motifs is 1. The smallest absolute Gasteiger partial charge is 0.273 e. The molecule has 2 heterocycles. The van der Waals surface area contributed by atoms with Crippen molar-refractivity contribution in [1.29, 1.82) is 0 Å². The molecule has 5 N–H and O–H groups in total. The lowest BCUT2D eigenvalue weighted by Gasteiger charge is -2.31. The van der Waals surface area contributed by atoms with Gasteiger partial charge in [0, 0.05) is 23.8 Å². The van der Waals surface area contributed by atoms with E-state index in [-0.39, 0.29) is 21.9 Å². The zero-order valence-corrected chi connectivity index (χ0v) is 21.7. The molecule has 0 fully saturated rings. The molecule has 38 heavy (non-hydrogen) atoms. The van der Waals surface area contributed by atoms with Gasteiger partial charge in [-0.05, 0) is 65.8 Å². The number of hydrogen-bond donors (Lipinski definition) is 3. The number of benzene rings is 2. The van der Waals surface area contributed by atoms with Gasteiger partial charge >= 0.3 is 0 Å². The SMILES string of the molecule is CC(C)CCNC(=O)C(c1ccc2ncccc2c1)N(C(=O)c1snc(C(N)=O)c1N)c1cccc(F)c1. The minimum Gasteiger partial charge on any atom is -0.395 e. The highest BCUT2D eigenvalue weighted by atomic mass is 32.1. The van der Waals surface area contributed by atoms with Crippen LogP contribution < -0.4 is 21.7 Å². The van der Waals surface area contributed by atoms with Gasteiger partial charge in [0.25, 0.3) is 11.8 Å². The van der Waals surface area contributed by atoms with Crippen molar-refractivity contribution >= 4 is 51.5 Å². The lowest BCUT2D eigenvalue weighted by molar-refractivity contribution is -0.122. The number of nitrogens with zero attached hydrogens (tertiary/aromatic N) is 3. The van der Waals surface area contributed by atoms with Crippen molar-refractivity contribution < 1.29 is 18.8 Å². The van der Waals surface area contributed by atoms with Crippen LogP contribution in [0, 0.1) is 11.7 Å². The van der Waals surface area contributed by atoms with Crippen molar-refractivity contribution in [1.82, 2.24) is 14.7 Å². The molecule has 9 nitrogen and oxygen atoms in total. The highest BCUT2D eigenvalue weighted by molar-refractivity contribution is 7.09. The van der Waals surface area contributed by atoms with Gasteiger partial charge in [0.2, 0.25) is 5.91 Å². The average molecular weight is 535 g/mol. The Bertz CT molecular complexity index is 1510. The Kier molecular flexibility index (Phi) is 7.96.